The van der Waals surface area contributed by atoms with Crippen molar-refractivity contribution in [1.29, 1.82) is 0 Å². The molecule has 2 heteroatoms. The van der Waals surface area contributed by atoms with Gasteiger partial charge in [0.2, 0.25) is 0 Å². The highest BCUT2D eigenvalue weighted by Gasteiger charge is 2.53. The summed E-state index contributed by atoms with van der Waals surface area (Å²) in [6.07, 6.45) is 0. The highest BCUT2D eigenvalue weighted by atomic mass is 15.1. The van der Waals surface area contributed by atoms with E-state index in [1.165, 1.54) is 89.0 Å². The predicted octanol–water partition coefficient (Wildman–Crippen LogP) is 19.5. The second-order valence-corrected chi connectivity index (χ2v) is 23.4. The molecule has 360 valence electrons. The number of hydrogen-bond donors (Lipinski definition) is 0. The molecule has 0 amide bonds. The largest absolute Gasteiger partial charge is 0.310 e. The summed E-state index contributed by atoms with van der Waals surface area (Å²) in [4.78, 5) is 4.93. The molecule has 3 aliphatic rings. The Hall–Kier alpha value is -8.20. The van der Waals surface area contributed by atoms with Gasteiger partial charge in [0.1, 0.15) is 0 Å². The first kappa shape index (κ1) is 45.6. The summed E-state index contributed by atoms with van der Waals surface area (Å²) >= 11 is 0. The van der Waals surface area contributed by atoms with Gasteiger partial charge in [-0.2, -0.15) is 0 Å². The van der Waals surface area contributed by atoms with Gasteiger partial charge in [0, 0.05) is 39.5 Å². The van der Waals surface area contributed by atoms with Gasteiger partial charge in [0.05, 0.1) is 5.41 Å². The molecule has 0 fully saturated rings. The van der Waals surface area contributed by atoms with E-state index in [1.54, 1.807) is 0 Å². The lowest BCUT2D eigenvalue weighted by Gasteiger charge is -2.35. The number of anilines is 6. The number of hydrogen-bond acceptors (Lipinski definition) is 2. The van der Waals surface area contributed by atoms with Crippen molar-refractivity contribution >= 4 is 34.1 Å². The summed E-state index contributed by atoms with van der Waals surface area (Å²) < 4.78 is 0. The number of nitrogens with zero attached hydrogens (tertiary/aromatic N) is 2. The summed E-state index contributed by atoms with van der Waals surface area (Å²) in [5.41, 5.74) is 26.7. The van der Waals surface area contributed by atoms with Crippen LogP contribution in [0.4, 0.5) is 34.1 Å². The molecule has 0 radical (unpaired) electrons. The maximum atomic E-state index is 2.57. The van der Waals surface area contributed by atoms with Crippen LogP contribution in [-0.4, -0.2) is 0 Å². The van der Waals surface area contributed by atoms with Crippen LogP contribution in [0.15, 0.2) is 231 Å². The first-order valence-corrected chi connectivity index (χ1v) is 26.4. The highest BCUT2D eigenvalue weighted by molar-refractivity contribution is 5.98. The smallest absolute Gasteiger partial charge is 0.0727 e. The van der Waals surface area contributed by atoms with E-state index in [9.17, 15) is 0 Å². The van der Waals surface area contributed by atoms with E-state index in [-0.39, 0.29) is 16.2 Å². The van der Waals surface area contributed by atoms with Gasteiger partial charge in [0.25, 0.3) is 0 Å². The standard InChI is InChI=1S/C72H62N2/c1-69(2,3)49-30-37-59-61-40-35-55(73(51-22-14-10-15-23-51)52-24-16-11-17-25-52)45-67(61)72(65(59)42-49)66-43-50(70(4,5)6)31-38-60(66)62-41-36-56(46-68(62)72)74(53-32-28-48(29-33-53)47-20-12-9-13-21-47)54-34-39-58-57-26-18-19-27-63(57)71(7,8)64(58)44-54/h9-46H,1-8H3. The van der Waals surface area contributed by atoms with E-state index in [1.807, 2.05) is 0 Å². The Bertz CT molecular complexity index is 3750. The lowest BCUT2D eigenvalue weighted by molar-refractivity contribution is 0.586. The Kier molecular flexibility index (Phi) is 10.3. The SMILES string of the molecule is CC(C)(C)c1ccc2c(c1)C1(c3cc(N(c4ccccc4)c4ccccc4)ccc3-2)c2cc(N(c3ccc(-c4ccccc4)cc3)c3ccc4c(c3)C(C)(C)c3ccccc3-4)ccc2-c2ccc(C(C)(C)C)cc21. The highest BCUT2D eigenvalue weighted by Crippen LogP contribution is 2.65. The van der Waals surface area contributed by atoms with Gasteiger partial charge in [-0.1, -0.05) is 213 Å². The average molecular weight is 955 g/mol. The van der Waals surface area contributed by atoms with Gasteiger partial charge < -0.3 is 9.80 Å². The fourth-order valence-electron chi connectivity index (χ4n) is 12.7. The van der Waals surface area contributed by atoms with E-state index >= 15 is 0 Å². The Morgan fingerprint density at radius 3 is 1.07 bits per heavy atom. The van der Waals surface area contributed by atoms with Crippen LogP contribution in [-0.2, 0) is 21.7 Å². The maximum Gasteiger partial charge on any atom is 0.0727 e. The third kappa shape index (κ3) is 6.98. The fraction of sp³-hybridized carbons (Fsp3) is 0.167. The molecule has 3 aliphatic carbocycles. The van der Waals surface area contributed by atoms with Crippen LogP contribution >= 0.6 is 0 Å². The third-order valence-electron chi connectivity index (χ3n) is 16.6. The van der Waals surface area contributed by atoms with Crippen molar-refractivity contribution in [3.63, 3.8) is 0 Å². The van der Waals surface area contributed by atoms with E-state index in [0.717, 1.165) is 34.1 Å². The zero-order valence-electron chi connectivity index (χ0n) is 43.8. The third-order valence-corrected chi connectivity index (χ3v) is 16.6. The van der Waals surface area contributed by atoms with Crippen molar-refractivity contribution in [3.05, 3.63) is 275 Å². The molecule has 10 aromatic carbocycles. The van der Waals surface area contributed by atoms with Gasteiger partial charge in [-0.05, 0) is 173 Å². The molecule has 0 saturated carbocycles. The second-order valence-electron chi connectivity index (χ2n) is 23.4. The number of para-hydroxylation sites is 2. The van der Waals surface area contributed by atoms with E-state index < -0.39 is 5.41 Å². The molecule has 0 bridgehead atoms. The van der Waals surface area contributed by atoms with E-state index in [0.29, 0.717) is 0 Å². The molecule has 0 aliphatic heterocycles. The Morgan fingerprint density at radius 1 is 0.270 bits per heavy atom. The van der Waals surface area contributed by atoms with Gasteiger partial charge in [-0.3, -0.25) is 0 Å². The minimum atomic E-state index is -0.646. The van der Waals surface area contributed by atoms with Crippen LogP contribution in [0.25, 0.3) is 44.5 Å². The van der Waals surface area contributed by atoms with Crippen molar-refractivity contribution in [2.45, 2.75) is 77.0 Å². The number of benzene rings is 10. The molecule has 2 nitrogen and oxygen atoms in total. The molecule has 1 spiro atoms. The monoisotopic (exact) mass is 954 g/mol. The Balaban J connectivity index is 1.10. The topological polar surface area (TPSA) is 6.48 Å². The van der Waals surface area contributed by atoms with E-state index in [2.05, 4.69) is 296 Å². The molecular formula is C72H62N2. The van der Waals surface area contributed by atoms with Crippen molar-refractivity contribution in [2.75, 3.05) is 9.80 Å². The fourth-order valence-corrected chi connectivity index (χ4v) is 12.7. The molecular weight excluding hydrogens is 893 g/mol. The molecule has 0 saturated heterocycles. The van der Waals surface area contributed by atoms with Gasteiger partial charge in [0.15, 0.2) is 0 Å². The van der Waals surface area contributed by atoms with Crippen molar-refractivity contribution in [2.24, 2.45) is 0 Å². The zero-order chi connectivity index (χ0) is 50.7. The normalized spacial score (nSPS) is 15.5. The first-order valence-electron chi connectivity index (χ1n) is 26.4. The molecule has 74 heavy (non-hydrogen) atoms. The van der Waals surface area contributed by atoms with Gasteiger partial charge in [-0.15, -0.1) is 0 Å². The summed E-state index contributed by atoms with van der Waals surface area (Å²) in [6.45, 7) is 18.9. The Morgan fingerprint density at radius 2 is 0.595 bits per heavy atom. The number of fused-ring (bicyclic) bond motifs is 13. The molecule has 1 unspecified atom stereocenters. The molecule has 0 heterocycles. The van der Waals surface area contributed by atoms with Crippen molar-refractivity contribution in [1.82, 2.24) is 0 Å². The summed E-state index contributed by atoms with van der Waals surface area (Å²) in [7, 11) is 0. The molecule has 13 rings (SSSR count). The molecule has 0 N–H and O–H groups in total. The first-order chi connectivity index (χ1) is 35.7. The van der Waals surface area contributed by atoms with Gasteiger partial charge in [-0.25, -0.2) is 0 Å². The predicted molar refractivity (Wildman–Crippen MR) is 313 cm³/mol. The molecule has 10 aromatic rings. The van der Waals surface area contributed by atoms with Gasteiger partial charge >= 0.3 is 0 Å². The average Bonchev–Trinajstić information content (AvgIpc) is 4.01. The van der Waals surface area contributed by atoms with E-state index in [4.69, 9.17) is 0 Å². The minimum absolute atomic E-state index is 0.0728. The van der Waals surface area contributed by atoms with Crippen LogP contribution in [0.5, 0.6) is 0 Å². The van der Waals surface area contributed by atoms with Crippen LogP contribution in [0.3, 0.4) is 0 Å². The maximum absolute atomic E-state index is 2.57. The van der Waals surface area contributed by atoms with Crippen LogP contribution in [0.2, 0.25) is 0 Å². The van der Waals surface area contributed by atoms with Crippen molar-refractivity contribution in [3.8, 4) is 44.5 Å². The second kappa shape index (κ2) is 16.7. The van der Waals surface area contributed by atoms with Crippen LogP contribution in [0.1, 0.15) is 99.9 Å². The molecule has 1 atom stereocenters. The zero-order valence-corrected chi connectivity index (χ0v) is 43.8. The van der Waals surface area contributed by atoms with Crippen LogP contribution < -0.4 is 9.80 Å². The Labute approximate surface area is 438 Å². The minimum Gasteiger partial charge on any atom is -0.310 e. The quantitative estimate of drug-likeness (QED) is 0.157. The molecule has 0 aromatic heterocycles. The van der Waals surface area contributed by atoms with Crippen LogP contribution in [0, 0.1) is 0 Å². The van der Waals surface area contributed by atoms with Crippen molar-refractivity contribution < 1.29 is 0 Å². The lowest BCUT2D eigenvalue weighted by atomic mass is 9.68. The lowest BCUT2D eigenvalue weighted by Crippen LogP contribution is -2.28. The summed E-state index contributed by atoms with van der Waals surface area (Å²) in [5.74, 6) is 0. The summed E-state index contributed by atoms with van der Waals surface area (Å²) in [6, 6.07) is 87.1. The number of rotatable bonds is 7. The summed E-state index contributed by atoms with van der Waals surface area (Å²) in [5, 5.41) is 0.